The molecule has 1 atom stereocenters. The van der Waals surface area contributed by atoms with Crippen LogP contribution in [-0.4, -0.2) is 25.7 Å². The number of methoxy groups -OCH3 is 1. The summed E-state index contributed by atoms with van der Waals surface area (Å²) in [7, 11) is 1.64. The monoisotopic (exact) mass is 287 g/mol. The maximum absolute atomic E-state index is 9.33. The summed E-state index contributed by atoms with van der Waals surface area (Å²) in [4.78, 5) is 2.70. The van der Waals surface area contributed by atoms with E-state index in [2.05, 4.69) is 21.4 Å². The number of aryl methyl sites for hydroxylation is 1. The van der Waals surface area contributed by atoms with Gasteiger partial charge in [-0.25, -0.2) is 0 Å². The molecule has 0 amide bonds. The molecule has 112 valence electrons. The Morgan fingerprint density at radius 3 is 2.71 bits per heavy atom. The van der Waals surface area contributed by atoms with Crippen LogP contribution >= 0.6 is 0 Å². The first-order valence-corrected chi connectivity index (χ1v) is 6.93. The minimum atomic E-state index is -0.573. The molecule has 1 unspecified atom stereocenters. The lowest BCUT2D eigenvalue weighted by Crippen LogP contribution is -2.42. The highest BCUT2D eigenvalue weighted by Gasteiger charge is 2.22. The number of ether oxygens (including phenoxy) is 1. The predicted molar refractivity (Wildman–Crippen MR) is 82.0 cm³/mol. The van der Waals surface area contributed by atoms with E-state index in [0.29, 0.717) is 13.1 Å². The number of rotatable bonds is 9. The van der Waals surface area contributed by atoms with Gasteiger partial charge in [0.05, 0.1) is 13.2 Å². The quantitative estimate of drug-likeness (QED) is 0.327. The standard InChI is InChI=1S/C15H21N5O/c1-15(12-16,18-10-3-11-19-20-17)9-8-13-4-6-14(21-2)7-5-13/h4-7,18H,3,8-11H2,1-2H3. The Labute approximate surface area is 125 Å². The molecule has 0 aliphatic rings. The van der Waals surface area contributed by atoms with Crippen molar-refractivity contribution in [1.29, 1.82) is 5.26 Å². The molecule has 1 aromatic rings. The number of nitrogens with zero attached hydrogens (tertiary/aromatic N) is 4. The molecule has 0 saturated heterocycles. The van der Waals surface area contributed by atoms with Crippen LogP contribution in [0.25, 0.3) is 10.4 Å². The average molecular weight is 287 g/mol. The summed E-state index contributed by atoms with van der Waals surface area (Å²) >= 11 is 0. The van der Waals surface area contributed by atoms with Crippen LogP contribution in [0.3, 0.4) is 0 Å². The van der Waals surface area contributed by atoms with Crippen LogP contribution in [0, 0.1) is 11.3 Å². The predicted octanol–water partition coefficient (Wildman–Crippen LogP) is 3.20. The number of azide groups is 1. The van der Waals surface area contributed by atoms with Gasteiger partial charge in [0.2, 0.25) is 0 Å². The molecular weight excluding hydrogens is 266 g/mol. The van der Waals surface area contributed by atoms with Crippen molar-refractivity contribution >= 4 is 0 Å². The topological polar surface area (TPSA) is 93.8 Å². The van der Waals surface area contributed by atoms with E-state index < -0.39 is 5.54 Å². The fourth-order valence-corrected chi connectivity index (χ4v) is 1.93. The highest BCUT2D eigenvalue weighted by Crippen LogP contribution is 2.16. The Kier molecular flexibility index (Phi) is 7.10. The lowest BCUT2D eigenvalue weighted by atomic mass is 9.94. The van der Waals surface area contributed by atoms with Crippen molar-refractivity contribution < 1.29 is 4.74 Å². The smallest absolute Gasteiger partial charge is 0.118 e. The highest BCUT2D eigenvalue weighted by molar-refractivity contribution is 5.27. The fourth-order valence-electron chi connectivity index (χ4n) is 1.93. The second-order valence-electron chi connectivity index (χ2n) is 5.03. The van der Waals surface area contributed by atoms with E-state index in [1.54, 1.807) is 7.11 Å². The Bertz CT molecular complexity index is 516. The third-order valence-corrected chi connectivity index (χ3v) is 3.33. The van der Waals surface area contributed by atoms with E-state index in [0.717, 1.165) is 25.0 Å². The second-order valence-corrected chi connectivity index (χ2v) is 5.03. The average Bonchev–Trinajstić information content (AvgIpc) is 2.53. The molecule has 0 saturated carbocycles. The number of hydrogen-bond donors (Lipinski definition) is 1. The zero-order chi connectivity index (χ0) is 15.6. The van der Waals surface area contributed by atoms with Crippen LogP contribution in [0.4, 0.5) is 0 Å². The molecule has 1 rings (SSSR count). The zero-order valence-corrected chi connectivity index (χ0v) is 12.5. The summed E-state index contributed by atoms with van der Waals surface area (Å²) in [5, 5.41) is 16.0. The van der Waals surface area contributed by atoms with Gasteiger partial charge >= 0.3 is 0 Å². The third-order valence-electron chi connectivity index (χ3n) is 3.33. The number of nitrogens with one attached hydrogen (secondary N) is 1. The van der Waals surface area contributed by atoms with Gasteiger partial charge in [0.15, 0.2) is 0 Å². The van der Waals surface area contributed by atoms with Gasteiger partial charge in [-0.05, 0) is 56.0 Å². The van der Waals surface area contributed by atoms with Gasteiger partial charge in [-0.2, -0.15) is 5.26 Å². The summed E-state index contributed by atoms with van der Waals surface area (Å²) in [6.45, 7) is 3.00. The third kappa shape index (κ3) is 6.17. The highest BCUT2D eigenvalue weighted by atomic mass is 16.5. The molecule has 21 heavy (non-hydrogen) atoms. The van der Waals surface area contributed by atoms with Gasteiger partial charge < -0.3 is 4.74 Å². The van der Waals surface area contributed by atoms with Gasteiger partial charge in [0.25, 0.3) is 0 Å². The first-order valence-electron chi connectivity index (χ1n) is 6.93. The van der Waals surface area contributed by atoms with E-state index >= 15 is 0 Å². The summed E-state index contributed by atoms with van der Waals surface area (Å²) in [5.74, 6) is 0.831. The van der Waals surface area contributed by atoms with Crippen molar-refractivity contribution in [2.24, 2.45) is 5.11 Å². The molecule has 6 nitrogen and oxygen atoms in total. The molecule has 0 aromatic heterocycles. The Balaban J connectivity index is 2.44. The molecule has 1 aromatic carbocycles. The summed E-state index contributed by atoms with van der Waals surface area (Å²) in [5.41, 5.74) is 8.80. The van der Waals surface area contributed by atoms with Crippen LogP contribution in [0.1, 0.15) is 25.3 Å². The van der Waals surface area contributed by atoms with Crippen molar-refractivity contribution in [3.8, 4) is 11.8 Å². The van der Waals surface area contributed by atoms with Crippen LogP contribution < -0.4 is 10.1 Å². The minimum Gasteiger partial charge on any atom is -0.497 e. The van der Waals surface area contributed by atoms with Crippen molar-refractivity contribution in [1.82, 2.24) is 5.32 Å². The fraction of sp³-hybridized carbons (Fsp3) is 0.533. The van der Waals surface area contributed by atoms with Crippen molar-refractivity contribution in [3.05, 3.63) is 40.3 Å². The van der Waals surface area contributed by atoms with E-state index in [1.807, 2.05) is 31.2 Å². The van der Waals surface area contributed by atoms with E-state index in [9.17, 15) is 5.26 Å². The molecule has 0 heterocycles. The SMILES string of the molecule is COc1ccc(CCC(C)(C#N)NCCCN=[N+]=[N-])cc1. The number of benzene rings is 1. The maximum Gasteiger partial charge on any atom is 0.118 e. The van der Waals surface area contributed by atoms with Crippen molar-refractivity contribution in [2.45, 2.75) is 31.7 Å². The van der Waals surface area contributed by atoms with Crippen LogP contribution in [0.15, 0.2) is 29.4 Å². The lowest BCUT2D eigenvalue weighted by Gasteiger charge is -2.23. The molecule has 0 aliphatic carbocycles. The van der Waals surface area contributed by atoms with Crippen LogP contribution in [-0.2, 0) is 6.42 Å². The molecule has 0 bridgehead atoms. The number of hydrogen-bond acceptors (Lipinski definition) is 4. The van der Waals surface area contributed by atoms with E-state index in [-0.39, 0.29) is 0 Å². The van der Waals surface area contributed by atoms with E-state index in [4.69, 9.17) is 10.3 Å². The molecule has 0 spiro atoms. The minimum absolute atomic E-state index is 0.448. The van der Waals surface area contributed by atoms with Crippen molar-refractivity contribution in [3.63, 3.8) is 0 Å². The molecule has 0 radical (unpaired) electrons. The molecule has 0 aliphatic heterocycles. The van der Waals surface area contributed by atoms with Crippen LogP contribution in [0.5, 0.6) is 5.75 Å². The van der Waals surface area contributed by atoms with Gasteiger partial charge in [-0.15, -0.1) is 0 Å². The first-order chi connectivity index (χ1) is 10.1. The van der Waals surface area contributed by atoms with E-state index in [1.165, 1.54) is 5.56 Å². The van der Waals surface area contributed by atoms with Crippen LogP contribution in [0.2, 0.25) is 0 Å². The molecule has 1 N–H and O–H groups in total. The molecule has 6 heteroatoms. The zero-order valence-electron chi connectivity index (χ0n) is 12.5. The largest absolute Gasteiger partial charge is 0.497 e. The Hall–Kier alpha value is -2.22. The Morgan fingerprint density at radius 1 is 1.43 bits per heavy atom. The maximum atomic E-state index is 9.33. The lowest BCUT2D eigenvalue weighted by molar-refractivity contribution is 0.412. The van der Waals surface area contributed by atoms with Gasteiger partial charge in [0.1, 0.15) is 11.3 Å². The normalized spacial score (nSPS) is 12.8. The number of nitriles is 1. The Morgan fingerprint density at radius 2 is 2.14 bits per heavy atom. The molecule has 0 fully saturated rings. The summed E-state index contributed by atoms with van der Waals surface area (Å²) in [6, 6.07) is 10.2. The first kappa shape index (κ1) is 16.8. The second kappa shape index (κ2) is 8.85. The summed E-state index contributed by atoms with van der Waals surface area (Å²) < 4.78 is 5.12. The van der Waals surface area contributed by atoms with Crippen molar-refractivity contribution in [2.75, 3.05) is 20.2 Å². The van der Waals surface area contributed by atoms with Gasteiger partial charge in [-0.3, -0.25) is 5.32 Å². The summed E-state index contributed by atoms with van der Waals surface area (Å²) in [6.07, 6.45) is 2.26. The molecular formula is C15H21N5O. The van der Waals surface area contributed by atoms with Gasteiger partial charge in [-0.1, -0.05) is 17.2 Å². The van der Waals surface area contributed by atoms with Gasteiger partial charge in [0, 0.05) is 11.5 Å².